The molecule has 3 heteroatoms. The van der Waals surface area contributed by atoms with Gasteiger partial charge in [0.15, 0.2) is 0 Å². The number of fused-ring (bicyclic) bond motifs is 1. The Kier molecular flexibility index (Phi) is 4.32. The van der Waals surface area contributed by atoms with Crippen molar-refractivity contribution in [1.82, 2.24) is 0 Å². The number of benzene rings is 2. The topological polar surface area (TPSA) is 52.3 Å². The number of hydrogen-bond acceptors (Lipinski definition) is 3. The van der Waals surface area contributed by atoms with Crippen LogP contribution >= 0.6 is 0 Å². The van der Waals surface area contributed by atoms with Crippen LogP contribution in [0, 0.1) is 5.41 Å². The Balaban J connectivity index is 2.15. The summed E-state index contributed by atoms with van der Waals surface area (Å²) in [6.07, 6.45) is 1.91. The number of allylic oxidation sites excluding steroid dienone is 1. The number of rotatable bonds is 3. The van der Waals surface area contributed by atoms with E-state index in [9.17, 15) is 4.79 Å². The van der Waals surface area contributed by atoms with E-state index in [1.807, 2.05) is 45.0 Å². The third-order valence-corrected chi connectivity index (χ3v) is 3.20. The van der Waals surface area contributed by atoms with E-state index >= 15 is 0 Å². The van der Waals surface area contributed by atoms with Crippen molar-refractivity contribution >= 4 is 16.7 Å². The van der Waals surface area contributed by atoms with Crippen molar-refractivity contribution in [2.24, 2.45) is 11.1 Å². The summed E-state index contributed by atoms with van der Waals surface area (Å²) >= 11 is 0. The summed E-state index contributed by atoms with van der Waals surface area (Å²) in [4.78, 5) is 11.7. The quantitative estimate of drug-likeness (QED) is 0.689. The van der Waals surface area contributed by atoms with Gasteiger partial charge in [0.25, 0.3) is 0 Å². The molecular weight excluding hydrogens is 262 g/mol. The van der Waals surface area contributed by atoms with Crippen molar-refractivity contribution < 1.29 is 9.53 Å². The maximum atomic E-state index is 11.7. The average Bonchev–Trinajstić information content (AvgIpc) is 2.44. The van der Waals surface area contributed by atoms with Crippen LogP contribution in [0.1, 0.15) is 26.3 Å². The highest BCUT2D eigenvalue weighted by atomic mass is 16.5. The third kappa shape index (κ3) is 3.85. The lowest BCUT2D eigenvalue weighted by Gasteiger charge is -2.14. The summed E-state index contributed by atoms with van der Waals surface area (Å²) in [7, 11) is 0. The zero-order chi connectivity index (χ0) is 15.5. The Morgan fingerprint density at radius 1 is 1.14 bits per heavy atom. The molecule has 0 aliphatic rings. The summed E-state index contributed by atoms with van der Waals surface area (Å²) in [6, 6.07) is 14.3. The van der Waals surface area contributed by atoms with Gasteiger partial charge < -0.3 is 10.5 Å². The predicted molar refractivity (Wildman–Crippen MR) is 85.5 cm³/mol. The second kappa shape index (κ2) is 6.00. The van der Waals surface area contributed by atoms with Crippen molar-refractivity contribution in [3.8, 4) is 0 Å². The molecule has 21 heavy (non-hydrogen) atoms. The van der Waals surface area contributed by atoms with Gasteiger partial charge in [-0.2, -0.15) is 0 Å². The second-order valence-corrected chi connectivity index (χ2v) is 6.16. The van der Waals surface area contributed by atoms with Gasteiger partial charge in [-0.3, -0.25) is 4.79 Å². The number of ether oxygens (including phenoxy) is 1. The molecule has 110 valence electrons. The van der Waals surface area contributed by atoms with Crippen molar-refractivity contribution in [2.45, 2.75) is 27.2 Å². The number of hydrogen-bond donors (Lipinski definition) is 1. The summed E-state index contributed by atoms with van der Waals surface area (Å²) < 4.78 is 5.13. The van der Waals surface area contributed by atoms with E-state index in [4.69, 9.17) is 10.5 Å². The van der Waals surface area contributed by atoms with Crippen LogP contribution < -0.4 is 5.73 Å². The molecule has 0 fully saturated rings. The monoisotopic (exact) mass is 283 g/mol. The fourth-order valence-corrected chi connectivity index (χ4v) is 2.01. The minimum atomic E-state index is -0.532. The number of esters is 1. The first-order chi connectivity index (χ1) is 9.88. The molecular formula is C18H21NO2. The minimum absolute atomic E-state index is 0.289. The van der Waals surface area contributed by atoms with Crippen molar-refractivity contribution in [3.63, 3.8) is 0 Å². The van der Waals surface area contributed by atoms with E-state index < -0.39 is 5.41 Å². The maximum Gasteiger partial charge on any atom is 0.316 e. The third-order valence-electron chi connectivity index (χ3n) is 3.20. The Morgan fingerprint density at radius 2 is 1.81 bits per heavy atom. The summed E-state index contributed by atoms with van der Waals surface area (Å²) in [5.41, 5.74) is 7.09. The minimum Gasteiger partial charge on any atom is -0.432 e. The molecule has 0 saturated carbocycles. The lowest BCUT2D eigenvalue weighted by Crippen LogP contribution is -2.21. The van der Waals surface area contributed by atoms with Gasteiger partial charge in [-0.25, -0.2) is 0 Å². The zero-order valence-electron chi connectivity index (χ0n) is 12.7. The molecule has 0 unspecified atom stereocenters. The van der Waals surface area contributed by atoms with Crippen LogP contribution in [0.5, 0.6) is 0 Å². The Hall–Kier alpha value is -2.29. The normalized spacial score (nSPS) is 12.4. The summed E-state index contributed by atoms with van der Waals surface area (Å²) in [5, 5.41) is 2.34. The Morgan fingerprint density at radius 3 is 2.52 bits per heavy atom. The Labute approximate surface area is 125 Å². The molecule has 0 heterocycles. The molecule has 2 aromatic carbocycles. The van der Waals surface area contributed by atoms with E-state index in [-0.39, 0.29) is 5.97 Å². The highest BCUT2D eigenvalue weighted by Gasteiger charge is 2.22. The van der Waals surface area contributed by atoms with Crippen LogP contribution in [0.4, 0.5) is 0 Å². The molecule has 0 radical (unpaired) electrons. The van der Waals surface area contributed by atoms with E-state index in [2.05, 4.69) is 18.2 Å². The molecule has 0 atom stereocenters. The van der Waals surface area contributed by atoms with Gasteiger partial charge in [0.1, 0.15) is 6.26 Å². The molecule has 2 rings (SSSR count). The fourth-order valence-electron chi connectivity index (χ4n) is 2.01. The van der Waals surface area contributed by atoms with Crippen molar-refractivity contribution in [1.29, 1.82) is 0 Å². The van der Waals surface area contributed by atoms with E-state index in [1.54, 1.807) is 0 Å². The van der Waals surface area contributed by atoms with Crippen LogP contribution in [0.25, 0.3) is 10.8 Å². The average molecular weight is 283 g/mol. The summed E-state index contributed by atoms with van der Waals surface area (Å²) in [5.74, 6) is -0.289. The fraction of sp³-hybridized carbons (Fsp3) is 0.278. The highest BCUT2D eigenvalue weighted by molar-refractivity contribution is 5.85. The van der Waals surface area contributed by atoms with Crippen LogP contribution in [0.15, 0.2) is 54.4 Å². The second-order valence-electron chi connectivity index (χ2n) is 6.16. The van der Waals surface area contributed by atoms with Gasteiger partial charge in [0.2, 0.25) is 0 Å². The lowest BCUT2D eigenvalue weighted by molar-refractivity contribution is -0.147. The molecule has 0 aromatic heterocycles. The van der Waals surface area contributed by atoms with Crippen LogP contribution in [0.2, 0.25) is 0 Å². The van der Waals surface area contributed by atoms with Crippen LogP contribution in [0.3, 0.4) is 0 Å². The first kappa shape index (κ1) is 15.1. The molecule has 3 nitrogen and oxygen atoms in total. The first-order valence-corrected chi connectivity index (χ1v) is 7.00. The zero-order valence-corrected chi connectivity index (χ0v) is 12.7. The molecule has 2 aromatic rings. The van der Waals surface area contributed by atoms with Gasteiger partial charge in [-0.1, -0.05) is 42.5 Å². The smallest absolute Gasteiger partial charge is 0.316 e. The van der Waals surface area contributed by atoms with Crippen LogP contribution in [-0.2, 0) is 16.0 Å². The van der Waals surface area contributed by atoms with Gasteiger partial charge >= 0.3 is 5.97 Å². The lowest BCUT2D eigenvalue weighted by atomic mass is 9.97. The number of carbonyl (C=O) groups is 1. The van der Waals surface area contributed by atoms with E-state index in [1.165, 1.54) is 17.0 Å². The maximum absolute atomic E-state index is 11.7. The van der Waals surface area contributed by atoms with Crippen LogP contribution in [-0.4, -0.2) is 5.97 Å². The number of nitrogens with two attached hydrogens (primary N) is 1. The molecule has 2 N–H and O–H groups in total. The van der Waals surface area contributed by atoms with E-state index in [0.29, 0.717) is 12.1 Å². The van der Waals surface area contributed by atoms with Gasteiger partial charge in [-0.05, 0) is 37.1 Å². The molecule has 0 aliphatic heterocycles. The molecule has 0 amide bonds. The van der Waals surface area contributed by atoms with Crippen molar-refractivity contribution in [3.05, 3.63) is 60.0 Å². The van der Waals surface area contributed by atoms with Gasteiger partial charge in [0.05, 0.1) is 5.41 Å². The van der Waals surface area contributed by atoms with Gasteiger partial charge in [0, 0.05) is 12.1 Å². The van der Waals surface area contributed by atoms with Crippen molar-refractivity contribution in [2.75, 3.05) is 0 Å². The molecule has 0 saturated heterocycles. The predicted octanol–water partition coefficient (Wildman–Crippen LogP) is 3.77. The number of carbonyl (C=O) groups excluding carboxylic acids is 1. The first-order valence-electron chi connectivity index (χ1n) is 7.00. The standard InChI is InChI=1S/C18H21NO2/c1-18(2,3)17(20)21-12-15(19)11-14-9-6-8-13-7-4-5-10-16(13)14/h4-10,12H,11,19H2,1-3H3/b15-12-. The molecule has 0 aliphatic carbocycles. The largest absolute Gasteiger partial charge is 0.432 e. The Bertz CT molecular complexity index is 676. The molecule has 0 spiro atoms. The van der Waals surface area contributed by atoms with Gasteiger partial charge in [-0.15, -0.1) is 0 Å². The summed E-state index contributed by atoms with van der Waals surface area (Å²) in [6.45, 7) is 5.43. The van der Waals surface area contributed by atoms with E-state index in [0.717, 1.165) is 5.56 Å². The SMILES string of the molecule is CC(C)(C)C(=O)O/C=C(\N)Cc1cccc2ccccc12. The highest BCUT2D eigenvalue weighted by Crippen LogP contribution is 2.20. The molecule has 0 bridgehead atoms.